The second-order valence-electron chi connectivity index (χ2n) is 2.86. The van der Waals surface area contributed by atoms with E-state index in [-0.39, 0.29) is 0 Å². The van der Waals surface area contributed by atoms with Crippen LogP contribution in [0.2, 0.25) is 0 Å². The van der Waals surface area contributed by atoms with Crippen molar-refractivity contribution in [3.8, 4) is 0 Å². The molecule has 0 spiro atoms. The molecule has 0 amide bonds. The summed E-state index contributed by atoms with van der Waals surface area (Å²) in [6.07, 6.45) is 0. The minimum atomic E-state index is 0.484. The number of rotatable bonds is 2. The normalized spacial score (nSPS) is 10.2. The van der Waals surface area contributed by atoms with Crippen molar-refractivity contribution in [2.45, 2.75) is 19.1 Å². The van der Waals surface area contributed by atoms with Crippen LogP contribution in [0.5, 0.6) is 0 Å². The Bertz CT molecular complexity index is 254. The SMILES string of the molecule is CC(C)SC(=N)c1ccccc1. The molecular weight excluding hydrogens is 166 g/mol. The third kappa shape index (κ3) is 2.70. The van der Waals surface area contributed by atoms with Gasteiger partial charge in [0, 0.05) is 10.8 Å². The van der Waals surface area contributed by atoms with E-state index in [0.29, 0.717) is 10.3 Å². The predicted octanol–water partition coefficient (Wildman–Crippen LogP) is 3.15. The number of benzene rings is 1. The van der Waals surface area contributed by atoms with Crippen LogP contribution in [0.3, 0.4) is 0 Å². The highest BCUT2D eigenvalue weighted by Gasteiger charge is 2.02. The van der Waals surface area contributed by atoms with E-state index in [4.69, 9.17) is 5.41 Å². The lowest BCUT2D eigenvalue weighted by Crippen LogP contribution is -1.98. The van der Waals surface area contributed by atoms with Crippen molar-refractivity contribution in [3.63, 3.8) is 0 Å². The molecule has 0 aliphatic carbocycles. The minimum Gasteiger partial charge on any atom is -0.293 e. The third-order valence-corrected chi connectivity index (χ3v) is 2.33. The Balaban J connectivity index is 2.66. The molecule has 0 aromatic heterocycles. The van der Waals surface area contributed by atoms with E-state index in [9.17, 15) is 0 Å². The molecular formula is C10H13NS. The van der Waals surface area contributed by atoms with Crippen LogP contribution in [-0.2, 0) is 0 Å². The van der Waals surface area contributed by atoms with Gasteiger partial charge in [0.1, 0.15) is 0 Å². The molecule has 1 rings (SSSR count). The van der Waals surface area contributed by atoms with Crippen LogP contribution in [-0.4, -0.2) is 10.3 Å². The summed E-state index contributed by atoms with van der Waals surface area (Å²) in [6.45, 7) is 4.20. The molecule has 0 radical (unpaired) electrons. The van der Waals surface area contributed by atoms with Crippen molar-refractivity contribution >= 4 is 16.8 Å². The van der Waals surface area contributed by atoms with Crippen LogP contribution in [0, 0.1) is 5.41 Å². The van der Waals surface area contributed by atoms with Crippen molar-refractivity contribution in [2.75, 3.05) is 0 Å². The van der Waals surface area contributed by atoms with Crippen LogP contribution in [0.25, 0.3) is 0 Å². The Morgan fingerprint density at radius 1 is 1.25 bits per heavy atom. The van der Waals surface area contributed by atoms with Gasteiger partial charge in [-0.2, -0.15) is 0 Å². The highest BCUT2D eigenvalue weighted by atomic mass is 32.2. The zero-order valence-electron chi connectivity index (χ0n) is 7.37. The van der Waals surface area contributed by atoms with E-state index in [1.807, 2.05) is 30.3 Å². The molecule has 12 heavy (non-hydrogen) atoms. The van der Waals surface area contributed by atoms with Gasteiger partial charge in [-0.1, -0.05) is 44.2 Å². The van der Waals surface area contributed by atoms with Gasteiger partial charge >= 0.3 is 0 Å². The van der Waals surface area contributed by atoms with E-state index < -0.39 is 0 Å². The summed E-state index contributed by atoms with van der Waals surface area (Å²) >= 11 is 1.59. The van der Waals surface area contributed by atoms with Crippen molar-refractivity contribution in [3.05, 3.63) is 35.9 Å². The van der Waals surface area contributed by atoms with Gasteiger partial charge < -0.3 is 0 Å². The average molecular weight is 179 g/mol. The fourth-order valence-electron chi connectivity index (χ4n) is 0.893. The zero-order chi connectivity index (χ0) is 8.97. The van der Waals surface area contributed by atoms with Crippen molar-refractivity contribution in [1.82, 2.24) is 0 Å². The molecule has 0 atom stereocenters. The maximum atomic E-state index is 7.72. The van der Waals surface area contributed by atoms with Gasteiger partial charge in [-0.3, -0.25) is 5.41 Å². The first-order valence-electron chi connectivity index (χ1n) is 4.01. The Morgan fingerprint density at radius 2 is 1.83 bits per heavy atom. The molecule has 0 fully saturated rings. The van der Waals surface area contributed by atoms with Gasteiger partial charge in [0.2, 0.25) is 0 Å². The quantitative estimate of drug-likeness (QED) is 0.547. The molecule has 0 saturated heterocycles. The van der Waals surface area contributed by atoms with Crippen LogP contribution >= 0.6 is 11.8 Å². The monoisotopic (exact) mass is 179 g/mol. The van der Waals surface area contributed by atoms with Crippen molar-refractivity contribution in [2.24, 2.45) is 0 Å². The Morgan fingerprint density at radius 3 is 2.33 bits per heavy atom. The summed E-state index contributed by atoms with van der Waals surface area (Å²) in [4.78, 5) is 0. The zero-order valence-corrected chi connectivity index (χ0v) is 8.19. The Hall–Kier alpha value is -0.760. The van der Waals surface area contributed by atoms with Crippen molar-refractivity contribution in [1.29, 1.82) is 5.41 Å². The fraction of sp³-hybridized carbons (Fsp3) is 0.300. The van der Waals surface area contributed by atoms with E-state index in [1.54, 1.807) is 11.8 Å². The topological polar surface area (TPSA) is 23.9 Å². The molecule has 0 aliphatic heterocycles. The summed E-state index contributed by atoms with van der Waals surface area (Å²) in [5.74, 6) is 0. The van der Waals surface area contributed by atoms with Crippen molar-refractivity contribution < 1.29 is 0 Å². The first-order chi connectivity index (χ1) is 5.70. The summed E-state index contributed by atoms with van der Waals surface area (Å²) in [5, 5.41) is 8.87. The molecule has 1 nitrogen and oxygen atoms in total. The van der Waals surface area contributed by atoms with Crippen LogP contribution < -0.4 is 0 Å². The predicted molar refractivity (Wildman–Crippen MR) is 56.0 cm³/mol. The largest absolute Gasteiger partial charge is 0.293 e. The van der Waals surface area contributed by atoms with Crippen LogP contribution in [0.1, 0.15) is 19.4 Å². The van der Waals surface area contributed by atoms with Gasteiger partial charge in [-0.15, -0.1) is 11.8 Å². The summed E-state index contributed by atoms with van der Waals surface area (Å²) in [7, 11) is 0. The van der Waals surface area contributed by atoms with E-state index in [2.05, 4.69) is 13.8 Å². The van der Waals surface area contributed by atoms with Gasteiger partial charge in [0.05, 0.1) is 5.04 Å². The van der Waals surface area contributed by atoms with E-state index in [0.717, 1.165) is 5.56 Å². The molecule has 1 aromatic carbocycles. The van der Waals surface area contributed by atoms with Gasteiger partial charge in [-0.05, 0) is 0 Å². The standard InChI is InChI=1S/C10H13NS/c1-8(2)12-10(11)9-6-4-3-5-7-9/h3-8,11H,1-2H3. The minimum absolute atomic E-state index is 0.484. The van der Waals surface area contributed by atoms with Crippen LogP contribution in [0.4, 0.5) is 0 Å². The molecule has 1 N–H and O–H groups in total. The maximum Gasteiger partial charge on any atom is 0.0944 e. The number of nitrogens with one attached hydrogen (secondary N) is 1. The van der Waals surface area contributed by atoms with Gasteiger partial charge in [0.15, 0.2) is 0 Å². The second kappa shape index (κ2) is 4.31. The molecule has 1 aromatic rings. The molecule has 0 heterocycles. The molecule has 0 unspecified atom stereocenters. The highest BCUT2D eigenvalue weighted by molar-refractivity contribution is 8.14. The lowest BCUT2D eigenvalue weighted by molar-refractivity contribution is 1.12. The van der Waals surface area contributed by atoms with Gasteiger partial charge in [0.25, 0.3) is 0 Å². The van der Waals surface area contributed by atoms with Crippen LogP contribution in [0.15, 0.2) is 30.3 Å². The highest BCUT2D eigenvalue weighted by Crippen LogP contribution is 2.16. The first kappa shape index (κ1) is 9.33. The molecule has 0 aliphatic rings. The number of hydrogen-bond donors (Lipinski definition) is 1. The third-order valence-electron chi connectivity index (χ3n) is 1.39. The summed E-state index contributed by atoms with van der Waals surface area (Å²) in [6, 6.07) is 9.84. The number of thioether (sulfide) groups is 1. The second-order valence-corrected chi connectivity index (χ2v) is 4.45. The molecule has 0 bridgehead atoms. The summed E-state index contributed by atoms with van der Waals surface area (Å²) < 4.78 is 0. The number of hydrogen-bond acceptors (Lipinski definition) is 2. The smallest absolute Gasteiger partial charge is 0.0944 e. The molecule has 2 heteroatoms. The summed E-state index contributed by atoms with van der Waals surface area (Å²) in [5.41, 5.74) is 1.01. The van der Waals surface area contributed by atoms with E-state index >= 15 is 0 Å². The Labute approximate surface area is 77.7 Å². The molecule has 64 valence electrons. The Kier molecular flexibility index (Phi) is 3.35. The molecule has 0 saturated carbocycles. The lowest BCUT2D eigenvalue weighted by atomic mass is 10.2. The van der Waals surface area contributed by atoms with Gasteiger partial charge in [-0.25, -0.2) is 0 Å². The maximum absolute atomic E-state index is 7.72. The first-order valence-corrected chi connectivity index (χ1v) is 4.88. The lowest BCUT2D eigenvalue weighted by Gasteiger charge is -2.05. The fourth-order valence-corrected chi connectivity index (χ4v) is 1.64. The van der Waals surface area contributed by atoms with E-state index in [1.165, 1.54) is 0 Å². The average Bonchev–Trinajstić information content (AvgIpc) is 2.05.